The van der Waals surface area contributed by atoms with E-state index in [1.54, 1.807) is 0 Å². The number of benzene rings is 1. The van der Waals surface area contributed by atoms with Crippen LogP contribution in [-0.2, 0) is 0 Å². The minimum atomic E-state index is -0.568. The molecule has 5 nitrogen and oxygen atoms in total. The molecule has 1 aliphatic carbocycles. The molecule has 100 valence electrons. The van der Waals surface area contributed by atoms with Crippen molar-refractivity contribution in [1.82, 2.24) is 20.7 Å². The molecule has 19 heavy (non-hydrogen) atoms. The fraction of sp³-hybridized carbons (Fsp3) is 0.462. The smallest absolute Gasteiger partial charge is 0.254 e. The summed E-state index contributed by atoms with van der Waals surface area (Å²) in [5.41, 5.74) is 0.931. The molecule has 2 N–H and O–H groups in total. The highest BCUT2D eigenvalue weighted by molar-refractivity contribution is 5.97. The summed E-state index contributed by atoms with van der Waals surface area (Å²) in [6.07, 6.45) is 4.71. The van der Waals surface area contributed by atoms with Crippen LogP contribution in [0.1, 0.15) is 36.0 Å². The lowest BCUT2D eigenvalue weighted by Crippen LogP contribution is -2.25. The van der Waals surface area contributed by atoms with Crippen molar-refractivity contribution in [2.45, 2.75) is 25.7 Å². The Bertz CT molecular complexity index is 606. The zero-order valence-corrected chi connectivity index (χ0v) is 10.4. The summed E-state index contributed by atoms with van der Waals surface area (Å²) in [6, 6.07) is 2.64. The second kappa shape index (κ2) is 4.95. The molecule has 1 aliphatic rings. The molecule has 0 atom stereocenters. The molecular weight excluding hydrogens is 247 g/mol. The van der Waals surface area contributed by atoms with Gasteiger partial charge in [0.25, 0.3) is 5.91 Å². The lowest BCUT2D eigenvalue weighted by Gasteiger charge is -2.05. The predicted molar refractivity (Wildman–Crippen MR) is 68.1 cm³/mol. The normalized spacial score (nSPS) is 14.8. The first-order valence-corrected chi connectivity index (χ1v) is 6.52. The van der Waals surface area contributed by atoms with Crippen LogP contribution in [0.15, 0.2) is 12.1 Å². The number of amides is 1. The van der Waals surface area contributed by atoms with Crippen molar-refractivity contribution in [1.29, 1.82) is 0 Å². The van der Waals surface area contributed by atoms with Crippen molar-refractivity contribution in [2.24, 2.45) is 5.92 Å². The molecule has 1 aromatic heterocycles. The predicted octanol–water partition coefficient (Wildman–Crippen LogP) is 2.02. The maximum Gasteiger partial charge on any atom is 0.254 e. The number of carbonyl (C=O) groups is 1. The van der Waals surface area contributed by atoms with Gasteiger partial charge in [0.05, 0.1) is 5.56 Å². The monoisotopic (exact) mass is 262 g/mol. The van der Waals surface area contributed by atoms with Crippen molar-refractivity contribution in [3.05, 3.63) is 23.5 Å². The first-order chi connectivity index (χ1) is 9.24. The third kappa shape index (κ3) is 2.72. The SMILES string of the molecule is O=C(NCCCC1CC1)c1cc2n[nH]nc2cc1F. The molecule has 0 aliphatic heterocycles. The summed E-state index contributed by atoms with van der Waals surface area (Å²) in [4.78, 5) is 11.9. The Morgan fingerprint density at radius 2 is 2.11 bits per heavy atom. The van der Waals surface area contributed by atoms with Crippen LogP contribution in [0.4, 0.5) is 4.39 Å². The van der Waals surface area contributed by atoms with Gasteiger partial charge in [-0.15, -0.1) is 0 Å². The summed E-state index contributed by atoms with van der Waals surface area (Å²) < 4.78 is 13.8. The Kier molecular flexibility index (Phi) is 3.15. The van der Waals surface area contributed by atoms with Gasteiger partial charge in [-0.3, -0.25) is 4.79 Å². The summed E-state index contributed by atoms with van der Waals surface area (Å²) in [6.45, 7) is 0.589. The number of H-pyrrole nitrogens is 1. The van der Waals surface area contributed by atoms with Gasteiger partial charge in [-0.05, 0) is 24.8 Å². The van der Waals surface area contributed by atoms with Crippen molar-refractivity contribution < 1.29 is 9.18 Å². The maximum absolute atomic E-state index is 13.8. The van der Waals surface area contributed by atoms with Gasteiger partial charge in [-0.1, -0.05) is 12.8 Å². The lowest BCUT2D eigenvalue weighted by atomic mass is 10.1. The van der Waals surface area contributed by atoms with Gasteiger partial charge < -0.3 is 5.32 Å². The van der Waals surface area contributed by atoms with Crippen molar-refractivity contribution >= 4 is 16.9 Å². The first kappa shape index (κ1) is 12.1. The molecule has 0 unspecified atom stereocenters. The molecule has 0 spiro atoms. The molecule has 3 rings (SSSR count). The zero-order chi connectivity index (χ0) is 13.2. The fourth-order valence-corrected chi connectivity index (χ4v) is 2.13. The molecule has 1 fully saturated rings. The average Bonchev–Trinajstić information content (AvgIpc) is 3.11. The maximum atomic E-state index is 13.8. The molecular formula is C13H15FN4O. The molecule has 0 saturated heterocycles. The highest BCUT2D eigenvalue weighted by Crippen LogP contribution is 2.33. The minimum Gasteiger partial charge on any atom is -0.352 e. The van der Waals surface area contributed by atoms with Crippen LogP contribution in [0.3, 0.4) is 0 Å². The van der Waals surface area contributed by atoms with Gasteiger partial charge in [0.1, 0.15) is 16.9 Å². The highest BCUT2D eigenvalue weighted by atomic mass is 19.1. The third-order valence-electron chi connectivity index (χ3n) is 3.42. The number of carbonyl (C=O) groups excluding carboxylic acids is 1. The van der Waals surface area contributed by atoms with Crippen molar-refractivity contribution in [2.75, 3.05) is 6.54 Å². The second-order valence-electron chi connectivity index (χ2n) is 4.99. The summed E-state index contributed by atoms with van der Waals surface area (Å²) >= 11 is 0. The minimum absolute atomic E-state index is 0.0211. The van der Waals surface area contributed by atoms with Crippen molar-refractivity contribution in [3.8, 4) is 0 Å². The van der Waals surface area contributed by atoms with E-state index >= 15 is 0 Å². The van der Waals surface area contributed by atoms with E-state index in [0.29, 0.717) is 17.6 Å². The average molecular weight is 262 g/mol. The number of rotatable bonds is 5. The van der Waals surface area contributed by atoms with Crippen LogP contribution in [-0.4, -0.2) is 27.9 Å². The number of fused-ring (bicyclic) bond motifs is 1. The summed E-state index contributed by atoms with van der Waals surface area (Å²) in [7, 11) is 0. The highest BCUT2D eigenvalue weighted by Gasteiger charge is 2.20. The summed E-state index contributed by atoms with van der Waals surface area (Å²) in [5, 5.41) is 12.8. The Hall–Kier alpha value is -1.98. The lowest BCUT2D eigenvalue weighted by molar-refractivity contribution is 0.0949. The number of hydrogen-bond donors (Lipinski definition) is 2. The number of nitrogens with zero attached hydrogens (tertiary/aromatic N) is 2. The second-order valence-corrected chi connectivity index (χ2v) is 4.99. The quantitative estimate of drug-likeness (QED) is 0.810. The van der Waals surface area contributed by atoms with Gasteiger partial charge in [0.2, 0.25) is 0 Å². The molecule has 1 aromatic carbocycles. The number of halogens is 1. The molecule has 0 bridgehead atoms. The number of hydrogen-bond acceptors (Lipinski definition) is 3. The Morgan fingerprint density at radius 1 is 1.37 bits per heavy atom. The van der Waals surface area contributed by atoms with E-state index in [-0.39, 0.29) is 5.56 Å². The van der Waals surface area contributed by atoms with Gasteiger partial charge in [-0.25, -0.2) is 4.39 Å². The van der Waals surface area contributed by atoms with E-state index < -0.39 is 11.7 Å². The van der Waals surface area contributed by atoms with E-state index in [1.807, 2.05) is 0 Å². The largest absolute Gasteiger partial charge is 0.352 e. The van der Waals surface area contributed by atoms with Crippen LogP contribution in [0, 0.1) is 11.7 Å². The third-order valence-corrected chi connectivity index (χ3v) is 3.42. The van der Waals surface area contributed by atoms with Gasteiger partial charge in [0.15, 0.2) is 0 Å². The molecule has 1 saturated carbocycles. The Labute approximate surface area is 109 Å². The van der Waals surface area contributed by atoms with Gasteiger partial charge in [0, 0.05) is 12.6 Å². The molecule has 0 radical (unpaired) electrons. The first-order valence-electron chi connectivity index (χ1n) is 6.52. The van der Waals surface area contributed by atoms with E-state index in [2.05, 4.69) is 20.7 Å². The van der Waals surface area contributed by atoms with Crippen LogP contribution in [0.5, 0.6) is 0 Å². The van der Waals surface area contributed by atoms with Gasteiger partial charge in [-0.2, -0.15) is 15.4 Å². The zero-order valence-electron chi connectivity index (χ0n) is 10.4. The summed E-state index contributed by atoms with van der Waals surface area (Å²) in [5.74, 6) is -0.112. The van der Waals surface area contributed by atoms with E-state index in [9.17, 15) is 9.18 Å². The fourth-order valence-electron chi connectivity index (χ4n) is 2.13. The van der Waals surface area contributed by atoms with Crippen LogP contribution in [0.25, 0.3) is 11.0 Å². The molecule has 1 amide bonds. The number of nitrogens with one attached hydrogen (secondary N) is 2. The molecule has 2 aromatic rings. The van der Waals surface area contributed by atoms with Crippen LogP contribution in [0.2, 0.25) is 0 Å². The number of aromatic nitrogens is 3. The van der Waals surface area contributed by atoms with Gasteiger partial charge >= 0.3 is 0 Å². The Morgan fingerprint density at radius 3 is 2.84 bits per heavy atom. The van der Waals surface area contributed by atoms with E-state index in [4.69, 9.17) is 0 Å². The van der Waals surface area contributed by atoms with E-state index in [0.717, 1.165) is 18.8 Å². The van der Waals surface area contributed by atoms with E-state index in [1.165, 1.54) is 25.0 Å². The van der Waals surface area contributed by atoms with Crippen molar-refractivity contribution in [3.63, 3.8) is 0 Å². The number of aromatic amines is 1. The van der Waals surface area contributed by atoms with Crippen LogP contribution < -0.4 is 5.32 Å². The Balaban J connectivity index is 1.64. The molecule has 1 heterocycles. The standard InChI is InChI=1S/C13H15FN4O/c14-10-7-12-11(16-18-17-12)6-9(10)13(19)15-5-1-2-8-3-4-8/h6-8H,1-5H2,(H,15,19)(H,16,17,18). The molecule has 6 heteroatoms. The topological polar surface area (TPSA) is 70.7 Å². The van der Waals surface area contributed by atoms with Crippen LogP contribution >= 0.6 is 0 Å².